The SMILES string of the molecule is CC1Cc2ccccc2N1C(=O)NC(c1ccccc1)c1ccccc1. The van der Waals surface area contributed by atoms with E-state index in [-0.39, 0.29) is 18.1 Å². The van der Waals surface area contributed by atoms with Gasteiger partial charge in [-0.3, -0.25) is 4.90 Å². The smallest absolute Gasteiger partial charge is 0.322 e. The van der Waals surface area contributed by atoms with Crippen molar-refractivity contribution in [3.8, 4) is 0 Å². The molecule has 0 saturated heterocycles. The third-order valence-electron chi connectivity index (χ3n) is 4.96. The Labute approximate surface area is 154 Å². The number of hydrogen-bond acceptors (Lipinski definition) is 1. The molecule has 3 aromatic carbocycles. The maximum absolute atomic E-state index is 13.2. The van der Waals surface area contributed by atoms with Gasteiger partial charge in [-0.05, 0) is 36.1 Å². The number of amides is 2. The van der Waals surface area contributed by atoms with Gasteiger partial charge in [-0.15, -0.1) is 0 Å². The van der Waals surface area contributed by atoms with Crippen LogP contribution in [0.4, 0.5) is 10.5 Å². The minimum atomic E-state index is -0.176. The van der Waals surface area contributed by atoms with Crippen LogP contribution in [0.3, 0.4) is 0 Å². The van der Waals surface area contributed by atoms with Crippen LogP contribution >= 0.6 is 0 Å². The van der Waals surface area contributed by atoms with E-state index < -0.39 is 0 Å². The molecule has 3 heteroatoms. The molecule has 0 aromatic heterocycles. The van der Waals surface area contributed by atoms with Crippen LogP contribution in [0.25, 0.3) is 0 Å². The Morgan fingerprint density at radius 3 is 2.04 bits per heavy atom. The summed E-state index contributed by atoms with van der Waals surface area (Å²) in [6.07, 6.45) is 0.894. The lowest BCUT2D eigenvalue weighted by Gasteiger charge is -2.27. The van der Waals surface area contributed by atoms with Gasteiger partial charge in [-0.2, -0.15) is 0 Å². The fourth-order valence-corrected chi connectivity index (χ4v) is 3.72. The number of anilines is 1. The topological polar surface area (TPSA) is 32.3 Å². The molecule has 26 heavy (non-hydrogen) atoms. The van der Waals surface area contributed by atoms with Crippen molar-refractivity contribution in [3.63, 3.8) is 0 Å². The van der Waals surface area contributed by atoms with Gasteiger partial charge < -0.3 is 5.32 Å². The molecule has 3 aromatic rings. The first kappa shape index (κ1) is 16.4. The first-order valence-corrected chi connectivity index (χ1v) is 9.01. The van der Waals surface area contributed by atoms with Crippen LogP contribution < -0.4 is 10.2 Å². The predicted octanol–water partition coefficient (Wildman–Crippen LogP) is 4.94. The Hall–Kier alpha value is -3.07. The number of hydrogen-bond donors (Lipinski definition) is 1. The number of rotatable bonds is 3. The van der Waals surface area contributed by atoms with E-state index in [0.29, 0.717) is 0 Å². The molecule has 2 amide bonds. The zero-order valence-electron chi connectivity index (χ0n) is 14.8. The number of carbonyl (C=O) groups is 1. The van der Waals surface area contributed by atoms with E-state index in [1.165, 1.54) is 5.56 Å². The number of nitrogens with zero attached hydrogens (tertiary/aromatic N) is 1. The minimum Gasteiger partial charge on any atom is -0.327 e. The Bertz CT molecular complexity index is 853. The molecule has 4 rings (SSSR count). The second kappa shape index (κ2) is 7.04. The molecule has 1 aliphatic heterocycles. The van der Waals surface area contributed by atoms with Gasteiger partial charge in [0.1, 0.15) is 0 Å². The number of carbonyl (C=O) groups excluding carboxylic acids is 1. The molecule has 1 N–H and O–H groups in total. The first-order valence-electron chi connectivity index (χ1n) is 9.01. The molecule has 0 aliphatic carbocycles. The zero-order chi connectivity index (χ0) is 17.9. The van der Waals surface area contributed by atoms with Gasteiger partial charge in [-0.1, -0.05) is 78.9 Å². The molecule has 1 heterocycles. The summed E-state index contributed by atoms with van der Waals surface area (Å²) in [5.74, 6) is 0. The Balaban J connectivity index is 1.65. The molecule has 1 atom stereocenters. The summed E-state index contributed by atoms with van der Waals surface area (Å²) in [7, 11) is 0. The predicted molar refractivity (Wildman–Crippen MR) is 105 cm³/mol. The van der Waals surface area contributed by atoms with E-state index in [9.17, 15) is 4.79 Å². The monoisotopic (exact) mass is 342 g/mol. The summed E-state index contributed by atoms with van der Waals surface area (Å²) in [4.78, 5) is 15.1. The molecule has 3 nitrogen and oxygen atoms in total. The van der Waals surface area contributed by atoms with Gasteiger partial charge in [0.05, 0.1) is 6.04 Å². The van der Waals surface area contributed by atoms with E-state index in [0.717, 1.165) is 23.2 Å². The van der Waals surface area contributed by atoms with Crippen LogP contribution in [0, 0.1) is 0 Å². The Morgan fingerprint density at radius 2 is 1.42 bits per heavy atom. The van der Waals surface area contributed by atoms with Crippen LogP contribution in [0.2, 0.25) is 0 Å². The second-order valence-electron chi connectivity index (χ2n) is 6.76. The highest BCUT2D eigenvalue weighted by Gasteiger charge is 2.32. The fourth-order valence-electron chi connectivity index (χ4n) is 3.72. The van der Waals surface area contributed by atoms with Gasteiger partial charge in [0, 0.05) is 11.7 Å². The van der Waals surface area contributed by atoms with Crippen molar-refractivity contribution in [3.05, 3.63) is 102 Å². The molecule has 1 aliphatic rings. The molecule has 130 valence electrons. The molecular formula is C23H22N2O. The third-order valence-corrected chi connectivity index (χ3v) is 4.96. The van der Waals surface area contributed by atoms with Crippen molar-refractivity contribution in [1.29, 1.82) is 0 Å². The molecule has 0 spiro atoms. The van der Waals surface area contributed by atoms with E-state index in [4.69, 9.17) is 0 Å². The van der Waals surface area contributed by atoms with Crippen molar-refractivity contribution in [2.75, 3.05) is 4.90 Å². The molecule has 0 saturated carbocycles. The van der Waals surface area contributed by atoms with Crippen molar-refractivity contribution < 1.29 is 4.79 Å². The van der Waals surface area contributed by atoms with Crippen molar-refractivity contribution in [2.45, 2.75) is 25.4 Å². The number of urea groups is 1. The summed E-state index contributed by atoms with van der Waals surface area (Å²) < 4.78 is 0. The number of nitrogens with one attached hydrogen (secondary N) is 1. The number of fused-ring (bicyclic) bond motifs is 1. The van der Waals surface area contributed by atoms with Crippen LogP contribution in [-0.4, -0.2) is 12.1 Å². The Morgan fingerprint density at radius 1 is 0.885 bits per heavy atom. The van der Waals surface area contributed by atoms with Crippen molar-refractivity contribution in [1.82, 2.24) is 5.32 Å². The van der Waals surface area contributed by atoms with Crippen molar-refractivity contribution >= 4 is 11.7 Å². The van der Waals surface area contributed by atoms with Gasteiger partial charge in [-0.25, -0.2) is 4.79 Å². The largest absolute Gasteiger partial charge is 0.327 e. The van der Waals surface area contributed by atoms with Crippen molar-refractivity contribution in [2.24, 2.45) is 0 Å². The first-order chi connectivity index (χ1) is 12.7. The standard InChI is InChI=1S/C23H22N2O/c1-17-16-20-14-8-9-15-21(20)25(17)23(26)24-22(18-10-4-2-5-11-18)19-12-6-3-7-13-19/h2-15,17,22H,16H2,1H3,(H,24,26). The summed E-state index contributed by atoms with van der Waals surface area (Å²) >= 11 is 0. The molecular weight excluding hydrogens is 320 g/mol. The highest BCUT2D eigenvalue weighted by Crippen LogP contribution is 2.32. The molecule has 1 unspecified atom stereocenters. The molecule has 0 radical (unpaired) electrons. The van der Waals surface area contributed by atoms with E-state index in [2.05, 4.69) is 42.6 Å². The average Bonchev–Trinajstić information content (AvgIpc) is 3.03. The maximum Gasteiger partial charge on any atom is 0.322 e. The quantitative estimate of drug-likeness (QED) is 0.718. The summed E-state index contributed by atoms with van der Waals surface area (Å²) in [6.45, 7) is 2.10. The maximum atomic E-state index is 13.2. The van der Waals surface area contributed by atoms with E-state index in [1.807, 2.05) is 59.5 Å². The fraction of sp³-hybridized carbons (Fsp3) is 0.174. The molecule has 0 bridgehead atoms. The highest BCUT2D eigenvalue weighted by molar-refractivity contribution is 5.95. The van der Waals surface area contributed by atoms with Crippen LogP contribution in [-0.2, 0) is 6.42 Å². The number of para-hydroxylation sites is 1. The minimum absolute atomic E-state index is 0.0554. The van der Waals surface area contributed by atoms with Crippen LogP contribution in [0.5, 0.6) is 0 Å². The van der Waals surface area contributed by atoms with E-state index >= 15 is 0 Å². The summed E-state index contributed by atoms with van der Waals surface area (Å²) in [6, 6.07) is 28.3. The summed E-state index contributed by atoms with van der Waals surface area (Å²) in [5.41, 5.74) is 4.39. The summed E-state index contributed by atoms with van der Waals surface area (Å²) in [5, 5.41) is 3.25. The van der Waals surface area contributed by atoms with E-state index in [1.54, 1.807) is 0 Å². The van der Waals surface area contributed by atoms with Crippen LogP contribution in [0.15, 0.2) is 84.9 Å². The van der Waals surface area contributed by atoms with Gasteiger partial charge in [0.15, 0.2) is 0 Å². The van der Waals surface area contributed by atoms with Crippen LogP contribution in [0.1, 0.15) is 29.7 Å². The average molecular weight is 342 g/mol. The number of benzene rings is 3. The van der Waals surface area contributed by atoms with Gasteiger partial charge in [0.2, 0.25) is 0 Å². The highest BCUT2D eigenvalue weighted by atomic mass is 16.2. The third kappa shape index (κ3) is 3.08. The second-order valence-corrected chi connectivity index (χ2v) is 6.76. The van der Waals surface area contributed by atoms with Gasteiger partial charge in [0.25, 0.3) is 0 Å². The lowest BCUT2D eigenvalue weighted by atomic mass is 9.99. The lowest BCUT2D eigenvalue weighted by molar-refractivity contribution is 0.243. The molecule has 0 fully saturated rings. The normalized spacial score (nSPS) is 15.8. The lowest BCUT2D eigenvalue weighted by Crippen LogP contribution is -2.44. The van der Waals surface area contributed by atoms with Gasteiger partial charge >= 0.3 is 6.03 Å². The zero-order valence-corrected chi connectivity index (χ0v) is 14.8. The Kier molecular flexibility index (Phi) is 4.44.